The van der Waals surface area contributed by atoms with Gasteiger partial charge in [-0.05, 0) is 193 Å². The van der Waals surface area contributed by atoms with E-state index in [0.717, 1.165) is 0 Å². The topological polar surface area (TPSA) is 0 Å². The van der Waals surface area contributed by atoms with Crippen LogP contribution < -0.4 is 0 Å². The molecule has 13 aromatic rings. The number of rotatable bonds is 4. The van der Waals surface area contributed by atoms with Crippen molar-refractivity contribution in [2.45, 2.75) is 13.8 Å². The van der Waals surface area contributed by atoms with E-state index in [4.69, 9.17) is 0 Å². The lowest BCUT2D eigenvalue weighted by atomic mass is 9.89. The zero-order valence-electron chi connectivity index (χ0n) is 33.5. The van der Waals surface area contributed by atoms with Crippen molar-refractivity contribution in [3.05, 3.63) is 205 Å². The molecule has 0 N–H and O–H groups in total. The second-order valence-electron chi connectivity index (χ2n) is 17.0. The Bertz CT molecular complexity index is 3580. The molecule has 0 saturated heterocycles. The second kappa shape index (κ2) is 12.5. The number of aryl methyl sites for hydroxylation is 2. The lowest BCUT2D eigenvalue weighted by Crippen LogP contribution is -1.86. The average molecular weight is 759 g/mol. The highest BCUT2D eigenvalue weighted by Gasteiger charge is 2.21. The zero-order valence-corrected chi connectivity index (χ0v) is 33.5. The van der Waals surface area contributed by atoms with Crippen LogP contribution in [0.25, 0.3) is 131 Å². The molecule has 0 heteroatoms. The zero-order chi connectivity index (χ0) is 39.6. The summed E-state index contributed by atoms with van der Waals surface area (Å²) < 4.78 is 0. The predicted octanol–water partition coefficient (Wildman–Crippen LogP) is 17.1. The van der Waals surface area contributed by atoms with Crippen molar-refractivity contribution in [2.75, 3.05) is 0 Å². The molecule has 0 radical (unpaired) electrons. The molecular weight excluding hydrogens is 721 g/mol. The Kier molecular flexibility index (Phi) is 6.95. The average Bonchev–Trinajstić information content (AvgIpc) is 3.79. The Labute approximate surface area is 348 Å². The molecule has 0 atom stereocenters. The lowest BCUT2D eigenvalue weighted by molar-refractivity contribution is 1.47. The van der Waals surface area contributed by atoms with Crippen LogP contribution in [0.4, 0.5) is 0 Å². The van der Waals surface area contributed by atoms with Gasteiger partial charge in [0.2, 0.25) is 0 Å². The van der Waals surface area contributed by atoms with Crippen molar-refractivity contribution in [1.29, 1.82) is 0 Å². The molecule has 0 amide bonds. The van der Waals surface area contributed by atoms with Crippen molar-refractivity contribution in [3.8, 4) is 44.5 Å². The molecule has 0 fully saturated rings. The Morgan fingerprint density at radius 1 is 0.183 bits per heavy atom. The van der Waals surface area contributed by atoms with Gasteiger partial charge in [-0.25, -0.2) is 0 Å². The highest BCUT2D eigenvalue weighted by Crippen LogP contribution is 2.50. The number of hydrogen-bond donors (Lipinski definition) is 0. The molecule has 0 heterocycles. The van der Waals surface area contributed by atoms with Crippen molar-refractivity contribution >= 4 is 86.2 Å². The summed E-state index contributed by atoms with van der Waals surface area (Å²) in [6, 6.07) is 73.5. The van der Waals surface area contributed by atoms with Crippen LogP contribution in [-0.2, 0) is 0 Å². The summed E-state index contributed by atoms with van der Waals surface area (Å²) in [6.07, 6.45) is 0. The molecule has 0 aromatic heterocycles. The fourth-order valence-electron chi connectivity index (χ4n) is 10.4. The maximum absolute atomic E-state index is 2.52. The SMILES string of the molecule is Cc1ccc(-c2ccc3c(c2)c2cc4c5cc6c7cc(-c8ccc(C)cc8)ccc7c7cc(-c8ccccc8)cc(c5ccc4c4cc(-c5ccccc5)cc3c42)c76)cc1. The van der Waals surface area contributed by atoms with E-state index in [1.165, 1.54) is 142 Å². The number of benzene rings is 11. The summed E-state index contributed by atoms with van der Waals surface area (Å²) in [7, 11) is 0. The second-order valence-corrected chi connectivity index (χ2v) is 17.0. The molecule has 0 nitrogen and oxygen atoms in total. The Morgan fingerprint density at radius 3 is 0.817 bits per heavy atom. The summed E-state index contributed by atoms with van der Waals surface area (Å²) in [6.45, 7) is 4.31. The third kappa shape index (κ3) is 4.85. The van der Waals surface area contributed by atoms with Crippen molar-refractivity contribution < 1.29 is 0 Å². The third-order valence-corrected chi connectivity index (χ3v) is 13.4. The Hall–Kier alpha value is -7.54. The van der Waals surface area contributed by atoms with Gasteiger partial charge in [-0.15, -0.1) is 0 Å². The summed E-state index contributed by atoms with van der Waals surface area (Å²) in [4.78, 5) is 0. The quantitative estimate of drug-likeness (QED) is 0.157. The minimum atomic E-state index is 1.24. The molecule has 0 saturated carbocycles. The monoisotopic (exact) mass is 758 g/mol. The summed E-state index contributed by atoms with van der Waals surface area (Å²) in [5.74, 6) is 0. The highest BCUT2D eigenvalue weighted by molar-refractivity contribution is 6.41. The first kappa shape index (κ1) is 33.4. The fourth-order valence-corrected chi connectivity index (χ4v) is 10.4. The summed E-state index contributed by atoms with van der Waals surface area (Å²) in [5, 5.41) is 21.0. The van der Waals surface area contributed by atoms with Gasteiger partial charge in [0.25, 0.3) is 0 Å². The van der Waals surface area contributed by atoms with E-state index in [9.17, 15) is 0 Å². The van der Waals surface area contributed by atoms with Gasteiger partial charge in [-0.1, -0.05) is 157 Å². The van der Waals surface area contributed by atoms with Gasteiger partial charge in [-0.2, -0.15) is 0 Å². The van der Waals surface area contributed by atoms with E-state index in [1.807, 2.05) is 0 Å². The normalized spacial score (nSPS) is 12.2. The fraction of sp³-hybridized carbons (Fsp3) is 0.0333. The summed E-state index contributed by atoms with van der Waals surface area (Å²) >= 11 is 0. The molecule has 278 valence electrons. The van der Waals surface area contributed by atoms with Gasteiger partial charge < -0.3 is 0 Å². The van der Waals surface area contributed by atoms with Crippen molar-refractivity contribution in [1.82, 2.24) is 0 Å². The van der Waals surface area contributed by atoms with Crippen LogP contribution >= 0.6 is 0 Å². The van der Waals surface area contributed by atoms with E-state index in [0.29, 0.717) is 0 Å². The molecule has 13 aromatic carbocycles. The van der Waals surface area contributed by atoms with Crippen LogP contribution in [0.2, 0.25) is 0 Å². The van der Waals surface area contributed by atoms with Gasteiger partial charge >= 0.3 is 0 Å². The van der Waals surface area contributed by atoms with Crippen LogP contribution in [-0.4, -0.2) is 0 Å². The lowest BCUT2D eigenvalue weighted by Gasteiger charge is -2.14. The van der Waals surface area contributed by atoms with Gasteiger partial charge in [0.15, 0.2) is 0 Å². The molecule has 0 spiro atoms. The summed E-state index contributed by atoms with van der Waals surface area (Å²) in [5.41, 5.74) is 12.5. The maximum atomic E-state index is 2.52. The van der Waals surface area contributed by atoms with Crippen molar-refractivity contribution in [3.63, 3.8) is 0 Å². The van der Waals surface area contributed by atoms with Crippen LogP contribution in [0.5, 0.6) is 0 Å². The van der Waals surface area contributed by atoms with Crippen LogP contribution in [0.15, 0.2) is 194 Å². The van der Waals surface area contributed by atoms with Crippen molar-refractivity contribution in [2.24, 2.45) is 0 Å². The van der Waals surface area contributed by atoms with Gasteiger partial charge in [0.05, 0.1) is 0 Å². The molecule has 13 rings (SSSR count). The minimum absolute atomic E-state index is 1.24. The molecule has 0 aliphatic heterocycles. The predicted molar refractivity (Wildman–Crippen MR) is 260 cm³/mol. The molecular formula is C60H38. The van der Waals surface area contributed by atoms with E-state index in [2.05, 4.69) is 208 Å². The van der Waals surface area contributed by atoms with E-state index >= 15 is 0 Å². The number of fused-ring (bicyclic) bond motifs is 11. The smallest absolute Gasteiger partial charge is 0.00195 e. The first-order valence-corrected chi connectivity index (χ1v) is 21.1. The van der Waals surface area contributed by atoms with E-state index in [-0.39, 0.29) is 0 Å². The minimum Gasteiger partial charge on any atom is -0.0622 e. The standard InChI is InChI=1S/C60H38/c1-35-13-17-39(18-14-35)41-21-23-45-49(27-41)57-33-51-47(55-31-43(29-53(45)59(55)57)37-9-5-3-6-10-37)25-26-48-52(51)34-58-50-28-42(40-19-15-36(2)16-20-40)22-24-46(50)54-30-44(32-56(48)60(54)58)38-11-7-4-8-12-38/h3-34H,1-2H3. The van der Waals surface area contributed by atoms with Crippen LogP contribution in [0.1, 0.15) is 11.1 Å². The molecule has 0 bridgehead atoms. The Balaban J connectivity index is 1.19. The van der Waals surface area contributed by atoms with E-state index < -0.39 is 0 Å². The maximum Gasteiger partial charge on any atom is -0.00195 e. The largest absolute Gasteiger partial charge is 0.0622 e. The first-order valence-electron chi connectivity index (χ1n) is 21.1. The van der Waals surface area contributed by atoms with Crippen LogP contribution in [0, 0.1) is 13.8 Å². The first-order chi connectivity index (χ1) is 29.5. The highest BCUT2D eigenvalue weighted by atomic mass is 14.2. The molecule has 0 aliphatic carbocycles. The van der Waals surface area contributed by atoms with Crippen LogP contribution in [0.3, 0.4) is 0 Å². The molecule has 0 aliphatic rings. The van der Waals surface area contributed by atoms with Gasteiger partial charge in [0.1, 0.15) is 0 Å². The number of hydrogen-bond acceptors (Lipinski definition) is 0. The Morgan fingerprint density at radius 2 is 0.450 bits per heavy atom. The van der Waals surface area contributed by atoms with Gasteiger partial charge in [0, 0.05) is 0 Å². The van der Waals surface area contributed by atoms with Gasteiger partial charge in [-0.3, -0.25) is 0 Å². The third-order valence-electron chi connectivity index (χ3n) is 13.4. The molecule has 60 heavy (non-hydrogen) atoms. The molecule has 0 unspecified atom stereocenters. The van der Waals surface area contributed by atoms with E-state index in [1.54, 1.807) is 0 Å².